The van der Waals surface area contributed by atoms with Gasteiger partial charge >= 0.3 is 0 Å². The van der Waals surface area contributed by atoms with E-state index in [1.54, 1.807) is 23.5 Å². The number of nitrogens with zero attached hydrogens (tertiary/aromatic N) is 6. The number of fused-ring (bicyclic) bond motifs is 6. The van der Waals surface area contributed by atoms with E-state index in [4.69, 9.17) is 9.47 Å². The van der Waals surface area contributed by atoms with Gasteiger partial charge in [-0.25, -0.2) is 9.35 Å². The molecule has 0 aliphatic carbocycles. The molecule has 1 aliphatic heterocycles. The zero-order valence-corrected chi connectivity index (χ0v) is 31.3. The number of benzene rings is 5. The lowest BCUT2D eigenvalue weighted by molar-refractivity contribution is 0.296. The molecule has 0 unspecified atom stereocenters. The molecule has 2 aromatic heterocycles. The summed E-state index contributed by atoms with van der Waals surface area (Å²) in [7, 11) is 0. The molecule has 2 N–H and O–H groups in total. The Bertz CT molecular complexity index is 2120. The van der Waals surface area contributed by atoms with Gasteiger partial charge in [-0.2, -0.15) is 0 Å². The summed E-state index contributed by atoms with van der Waals surface area (Å²) in [5.41, 5.74) is 13.4. The summed E-state index contributed by atoms with van der Waals surface area (Å²) in [6, 6.07) is 45.0. The smallest absolute Gasteiger partial charge is 0.210 e. The van der Waals surface area contributed by atoms with Crippen molar-refractivity contribution in [3.63, 3.8) is 0 Å². The lowest BCUT2D eigenvalue weighted by atomic mass is 10.1. The Balaban J connectivity index is 1.07. The van der Waals surface area contributed by atoms with Crippen LogP contribution < -0.4 is 20.3 Å². The largest absolute Gasteiger partial charge is 0.489 e. The molecule has 0 fully saturated rings. The lowest BCUT2D eigenvalue weighted by Gasteiger charge is -2.16. The van der Waals surface area contributed by atoms with Crippen molar-refractivity contribution in [1.29, 1.82) is 0 Å². The van der Waals surface area contributed by atoms with E-state index in [0.29, 0.717) is 26.3 Å². The van der Waals surface area contributed by atoms with Crippen molar-refractivity contribution in [1.82, 2.24) is 29.7 Å². The van der Waals surface area contributed by atoms with E-state index in [2.05, 4.69) is 91.9 Å². The molecule has 1 aliphatic rings. The summed E-state index contributed by atoms with van der Waals surface area (Å²) in [6.07, 6.45) is 2.00. The van der Waals surface area contributed by atoms with Crippen LogP contribution in [0, 0.1) is 0 Å². The van der Waals surface area contributed by atoms with Crippen molar-refractivity contribution in [3.05, 3.63) is 156 Å². The molecule has 0 saturated carbocycles. The van der Waals surface area contributed by atoms with E-state index >= 15 is 0 Å². The molecule has 2 bridgehead atoms. The molecular weight excluding hydrogens is 713 g/mol. The molecular formula is C42H40N8O2S2. The molecule has 54 heavy (non-hydrogen) atoms. The van der Waals surface area contributed by atoms with E-state index in [1.807, 2.05) is 82.1 Å². The number of hydrogen-bond acceptors (Lipinski definition) is 10. The van der Waals surface area contributed by atoms with Crippen LogP contribution >= 0.6 is 23.5 Å². The first-order valence-electron chi connectivity index (χ1n) is 18.0. The van der Waals surface area contributed by atoms with Crippen molar-refractivity contribution < 1.29 is 9.47 Å². The molecule has 8 rings (SSSR count). The van der Waals surface area contributed by atoms with Crippen LogP contribution in [-0.2, 0) is 26.3 Å². The molecule has 0 atom stereocenters. The fraction of sp³-hybridized carbons (Fsp3) is 0.190. The molecule has 12 heteroatoms. The fourth-order valence-electron chi connectivity index (χ4n) is 6.13. The van der Waals surface area contributed by atoms with E-state index in [1.165, 1.54) is 0 Å². The Morgan fingerprint density at radius 3 is 1.41 bits per heavy atom. The van der Waals surface area contributed by atoms with Crippen molar-refractivity contribution in [2.45, 2.75) is 49.5 Å². The maximum absolute atomic E-state index is 6.43. The number of nitrogens with one attached hydrogen (secondary N) is 2. The maximum Gasteiger partial charge on any atom is 0.210 e. The molecule has 272 valence electrons. The van der Waals surface area contributed by atoms with Gasteiger partial charge in [0.1, 0.15) is 24.7 Å². The first-order chi connectivity index (χ1) is 26.8. The molecule has 0 spiro atoms. The fourth-order valence-corrected chi connectivity index (χ4v) is 7.95. The van der Waals surface area contributed by atoms with Gasteiger partial charge in [0.2, 0.25) is 10.3 Å². The predicted molar refractivity (Wildman–Crippen MR) is 216 cm³/mol. The minimum absolute atomic E-state index is 0.428. The third kappa shape index (κ3) is 8.56. The average Bonchev–Trinajstić information content (AvgIpc) is 3.83. The summed E-state index contributed by atoms with van der Waals surface area (Å²) in [6.45, 7) is 1.92. The second-order valence-corrected chi connectivity index (χ2v) is 14.8. The van der Waals surface area contributed by atoms with Crippen LogP contribution in [0.25, 0.3) is 22.8 Å². The van der Waals surface area contributed by atoms with Crippen molar-refractivity contribution in [3.8, 4) is 34.3 Å². The SMILES string of the molecule is c1ccc(-c2nnc3n2NCc2ccccc2OCc2cccc(c2)COc2ccccc2CNn2c(nnc2-c2ccccc2)SCCCCS3)cc1. The Hall–Kier alpha value is -5.72. The van der Waals surface area contributed by atoms with Crippen LogP contribution in [0.3, 0.4) is 0 Å². The molecule has 0 saturated heterocycles. The number of rotatable bonds is 2. The molecule has 3 heterocycles. The Labute approximate surface area is 323 Å². The molecule has 0 amide bonds. The molecule has 5 aromatic carbocycles. The third-order valence-corrected chi connectivity index (χ3v) is 10.9. The van der Waals surface area contributed by atoms with Crippen LogP contribution in [0.2, 0.25) is 0 Å². The Morgan fingerprint density at radius 2 is 0.926 bits per heavy atom. The zero-order valence-electron chi connectivity index (χ0n) is 29.7. The zero-order chi connectivity index (χ0) is 36.4. The first-order valence-corrected chi connectivity index (χ1v) is 20.0. The normalized spacial score (nSPS) is 14.1. The highest BCUT2D eigenvalue weighted by Crippen LogP contribution is 2.28. The van der Waals surface area contributed by atoms with Gasteiger partial charge in [0.25, 0.3) is 0 Å². The minimum Gasteiger partial charge on any atom is -0.489 e. The summed E-state index contributed by atoms with van der Waals surface area (Å²) >= 11 is 3.41. The predicted octanol–water partition coefficient (Wildman–Crippen LogP) is 8.83. The van der Waals surface area contributed by atoms with Crippen molar-refractivity contribution in [2.75, 3.05) is 22.4 Å². The highest BCUT2D eigenvalue weighted by atomic mass is 32.2. The quantitative estimate of drug-likeness (QED) is 0.178. The molecule has 7 aromatic rings. The third-order valence-electron chi connectivity index (χ3n) is 8.91. The van der Waals surface area contributed by atoms with Gasteiger partial charge in [-0.05, 0) is 42.2 Å². The lowest BCUT2D eigenvalue weighted by Crippen LogP contribution is -2.17. The van der Waals surface area contributed by atoms with Crippen LogP contribution in [-0.4, -0.2) is 41.3 Å². The van der Waals surface area contributed by atoms with Gasteiger partial charge in [-0.3, -0.25) is 0 Å². The minimum atomic E-state index is 0.428. The summed E-state index contributed by atoms with van der Waals surface area (Å²) in [5.74, 6) is 4.98. The number of ether oxygens (including phenoxy) is 2. The molecule has 10 nitrogen and oxygen atoms in total. The van der Waals surface area contributed by atoms with E-state index in [9.17, 15) is 0 Å². The van der Waals surface area contributed by atoms with Crippen LogP contribution in [0.1, 0.15) is 35.1 Å². The van der Waals surface area contributed by atoms with Crippen LogP contribution in [0.5, 0.6) is 11.5 Å². The monoisotopic (exact) mass is 752 g/mol. The maximum atomic E-state index is 6.43. The van der Waals surface area contributed by atoms with Crippen molar-refractivity contribution >= 4 is 23.5 Å². The summed E-state index contributed by atoms with van der Waals surface area (Å²) in [4.78, 5) is 0. The second-order valence-electron chi connectivity index (χ2n) is 12.7. The number of para-hydroxylation sites is 2. The highest BCUT2D eigenvalue weighted by molar-refractivity contribution is 7.99. The average molecular weight is 753 g/mol. The topological polar surface area (TPSA) is 104 Å². The number of aromatic nitrogens is 6. The van der Waals surface area contributed by atoms with Gasteiger partial charge in [0.15, 0.2) is 11.6 Å². The van der Waals surface area contributed by atoms with Gasteiger partial charge in [-0.1, -0.05) is 139 Å². The molecule has 0 radical (unpaired) electrons. The summed E-state index contributed by atoms with van der Waals surface area (Å²) < 4.78 is 16.9. The first kappa shape index (κ1) is 35.3. The standard InChI is InChI=1S/C42H40N8O2S2/c1-3-16-33(17-4-1)39-45-47-41-49(39)43-27-35-20-7-9-22-37(35)51-29-31-14-13-15-32(26-31)30-52-38-23-10-8-21-36(38)28-44-50-40(34-18-5-2-6-19-34)46-48-42(50)54-25-12-11-24-53-41/h1-10,13-23,26,43-44H,11-12,24-25,27-30H2. The van der Waals surface area contributed by atoms with Gasteiger partial charge < -0.3 is 20.3 Å². The van der Waals surface area contributed by atoms with E-state index in [0.717, 1.165) is 91.2 Å². The highest BCUT2D eigenvalue weighted by Gasteiger charge is 2.17. The van der Waals surface area contributed by atoms with Crippen LogP contribution in [0.15, 0.2) is 144 Å². The van der Waals surface area contributed by atoms with Gasteiger partial charge in [0.05, 0.1) is 13.1 Å². The van der Waals surface area contributed by atoms with E-state index in [-0.39, 0.29) is 0 Å². The summed E-state index contributed by atoms with van der Waals surface area (Å²) in [5, 5.41) is 20.1. The Kier molecular flexibility index (Phi) is 11.4. The van der Waals surface area contributed by atoms with Crippen LogP contribution in [0.4, 0.5) is 0 Å². The van der Waals surface area contributed by atoms with Gasteiger partial charge in [0, 0.05) is 33.8 Å². The second kappa shape index (κ2) is 17.4. The van der Waals surface area contributed by atoms with Gasteiger partial charge in [-0.15, -0.1) is 20.4 Å². The Morgan fingerprint density at radius 1 is 0.481 bits per heavy atom. The number of hydrogen-bond donors (Lipinski definition) is 2. The van der Waals surface area contributed by atoms with Crippen molar-refractivity contribution in [2.24, 2.45) is 0 Å². The number of thioether (sulfide) groups is 2. The van der Waals surface area contributed by atoms with E-state index < -0.39 is 0 Å².